The lowest BCUT2D eigenvalue weighted by Gasteiger charge is -2.27. The maximum absolute atomic E-state index is 13.0. The number of tetrazole rings is 1. The molecule has 0 radical (unpaired) electrons. The molecule has 11 nitrogen and oxygen atoms in total. The molecule has 2 aliphatic heterocycles. The van der Waals surface area contributed by atoms with Crippen LogP contribution in [0.15, 0.2) is 45.8 Å². The Bertz CT molecular complexity index is 1380. The topological polar surface area (TPSA) is 121 Å². The Labute approximate surface area is 200 Å². The summed E-state index contributed by atoms with van der Waals surface area (Å²) >= 11 is 0. The van der Waals surface area contributed by atoms with Crippen molar-refractivity contribution in [2.24, 2.45) is 0 Å². The minimum Gasteiger partial charge on any atom is -0.468 e. The van der Waals surface area contributed by atoms with Crippen molar-refractivity contribution in [2.45, 2.75) is 51.5 Å². The molecular formula is C24H26N6O5. The second-order valence-electron chi connectivity index (χ2n) is 8.93. The third-order valence-corrected chi connectivity index (χ3v) is 6.61. The molecule has 2 aliphatic rings. The quantitative estimate of drug-likeness (QED) is 0.407. The highest BCUT2D eigenvalue weighted by atomic mass is 16.7. The van der Waals surface area contributed by atoms with Crippen molar-refractivity contribution in [2.75, 3.05) is 13.4 Å². The third-order valence-electron chi connectivity index (χ3n) is 6.61. The number of furan rings is 1. The minimum absolute atomic E-state index is 0.110. The highest BCUT2D eigenvalue weighted by Gasteiger charge is 2.26. The summed E-state index contributed by atoms with van der Waals surface area (Å²) in [7, 11) is 0. The summed E-state index contributed by atoms with van der Waals surface area (Å²) in [6.07, 6.45) is 3.80. The van der Waals surface area contributed by atoms with Gasteiger partial charge < -0.3 is 23.6 Å². The third kappa shape index (κ3) is 4.40. The van der Waals surface area contributed by atoms with Crippen LogP contribution in [0.25, 0.3) is 10.9 Å². The molecule has 0 bridgehead atoms. The number of pyridine rings is 1. The molecule has 1 saturated heterocycles. The molecule has 5 heterocycles. The molecule has 1 N–H and O–H groups in total. The normalized spacial score (nSPS) is 18.1. The maximum atomic E-state index is 13.0. The molecule has 1 fully saturated rings. The second kappa shape index (κ2) is 9.16. The molecular weight excluding hydrogens is 452 g/mol. The molecule has 182 valence electrons. The number of fused-ring (bicyclic) bond motifs is 2. The van der Waals surface area contributed by atoms with E-state index in [1.165, 1.54) is 0 Å². The van der Waals surface area contributed by atoms with Gasteiger partial charge in [-0.2, -0.15) is 0 Å². The van der Waals surface area contributed by atoms with Crippen LogP contribution in [0.1, 0.15) is 43.0 Å². The summed E-state index contributed by atoms with van der Waals surface area (Å²) in [5, 5.41) is 13.3. The average molecular weight is 479 g/mol. The van der Waals surface area contributed by atoms with Gasteiger partial charge >= 0.3 is 0 Å². The first kappa shape index (κ1) is 21.8. The second-order valence-corrected chi connectivity index (χ2v) is 8.93. The lowest BCUT2D eigenvalue weighted by Crippen LogP contribution is -2.31. The zero-order chi connectivity index (χ0) is 23.8. The molecule has 0 spiro atoms. The van der Waals surface area contributed by atoms with Crippen LogP contribution < -0.4 is 15.0 Å². The van der Waals surface area contributed by atoms with Crippen molar-refractivity contribution >= 4 is 10.9 Å². The molecule has 2 atom stereocenters. The summed E-state index contributed by atoms with van der Waals surface area (Å²) in [5.74, 6) is 2.81. The van der Waals surface area contributed by atoms with Gasteiger partial charge in [0.25, 0.3) is 5.56 Å². The van der Waals surface area contributed by atoms with Gasteiger partial charge in [0.1, 0.15) is 5.76 Å². The van der Waals surface area contributed by atoms with Gasteiger partial charge in [-0.25, -0.2) is 4.68 Å². The van der Waals surface area contributed by atoms with E-state index < -0.39 is 0 Å². The van der Waals surface area contributed by atoms with Crippen molar-refractivity contribution in [3.8, 4) is 11.5 Å². The van der Waals surface area contributed by atoms with Crippen molar-refractivity contribution in [3.05, 3.63) is 64.1 Å². The predicted molar refractivity (Wildman–Crippen MR) is 124 cm³/mol. The number of hydrogen-bond donors (Lipinski definition) is 1. The lowest BCUT2D eigenvalue weighted by molar-refractivity contribution is 0.0894. The molecule has 0 unspecified atom stereocenters. The Morgan fingerprint density at radius 1 is 1.23 bits per heavy atom. The molecule has 4 aromatic rings. The molecule has 0 aliphatic carbocycles. The fourth-order valence-electron chi connectivity index (χ4n) is 4.70. The summed E-state index contributed by atoms with van der Waals surface area (Å²) in [6, 6.07) is 9.16. The summed E-state index contributed by atoms with van der Waals surface area (Å²) in [5.41, 5.74) is 1.16. The van der Waals surface area contributed by atoms with Crippen LogP contribution >= 0.6 is 0 Å². The van der Waals surface area contributed by atoms with E-state index in [0.29, 0.717) is 48.0 Å². The molecule has 6 rings (SSSR count). The van der Waals surface area contributed by atoms with Crippen molar-refractivity contribution < 1.29 is 18.6 Å². The predicted octanol–water partition coefficient (Wildman–Crippen LogP) is 2.78. The van der Waals surface area contributed by atoms with Crippen LogP contribution in [-0.4, -0.2) is 49.6 Å². The van der Waals surface area contributed by atoms with Crippen LogP contribution in [0.5, 0.6) is 11.5 Å². The first-order valence-corrected chi connectivity index (χ1v) is 11.7. The fourth-order valence-corrected chi connectivity index (χ4v) is 4.70. The highest BCUT2D eigenvalue weighted by molar-refractivity contribution is 5.83. The molecule has 35 heavy (non-hydrogen) atoms. The van der Waals surface area contributed by atoms with Crippen LogP contribution in [0.4, 0.5) is 0 Å². The number of benzene rings is 1. The van der Waals surface area contributed by atoms with Gasteiger partial charge in [-0.15, -0.1) is 5.10 Å². The smallest absolute Gasteiger partial charge is 0.252 e. The number of nitrogens with one attached hydrogen (secondary N) is 1. The van der Waals surface area contributed by atoms with Crippen LogP contribution in [0.3, 0.4) is 0 Å². The Morgan fingerprint density at radius 3 is 2.91 bits per heavy atom. The molecule has 11 heteroatoms. The van der Waals surface area contributed by atoms with E-state index >= 15 is 0 Å². The van der Waals surface area contributed by atoms with Gasteiger partial charge in [-0.3, -0.25) is 9.69 Å². The van der Waals surface area contributed by atoms with Gasteiger partial charge in [0.05, 0.1) is 37.0 Å². The molecule has 1 aromatic carbocycles. The van der Waals surface area contributed by atoms with Gasteiger partial charge in [-0.1, -0.05) is 0 Å². The zero-order valence-electron chi connectivity index (χ0n) is 19.3. The number of aromatic nitrogens is 5. The molecule has 3 aromatic heterocycles. The summed E-state index contributed by atoms with van der Waals surface area (Å²) in [6.45, 7) is 4.44. The van der Waals surface area contributed by atoms with Crippen molar-refractivity contribution in [1.29, 1.82) is 0 Å². The van der Waals surface area contributed by atoms with E-state index in [4.69, 9.17) is 18.6 Å². The number of nitrogens with zero attached hydrogens (tertiary/aromatic N) is 5. The van der Waals surface area contributed by atoms with E-state index in [1.807, 2.05) is 31.2 Å². The Hall–Kier alpha value is -3.70. The van der Waals surface area contributed by atoms with Crippen LogP contribution in [-0.2, 0) is 24.4 Å². The van der Waals surface area contributed by atoms with E-state index in [-0.39, 0.29) is 24.5 Å². The van der Waals surface area contributed by atoms with E-state index in [0.717, 1.165) is 30.6 Å². The largest absolute Gasteiger partial charge is 0.468 e. The number of H-pyrrole nitrogens is 1. The summed E-state index contributed by atoms with van der Waals surface area (Å²) < 4.78 is 24.2. The van der Waals surface area contributed by atoms with Gasteiger partial charge in [0, 0.05) is 30.2 Å². The minimum atomic E-state index is -0.191. The Kier molecular flexibility index (Phi) is 5.71. The monoisotopic (exact) mass is 478 g/mol. The SMILES string of the molecule is C[C@@H](c1nnnn1C[C@@H]1CCCO1)N(Cc1ccco1)Cc1cc2cc3c(cc2[nH]c1=O)OCO3. The first-order valence-electron chi connectivity index (χ1n) is 11.7. The van der Waals surface area contributed by atoms with Crippen molar-refractivity contribution in [1.82, 2.24) is 30.1 Å². The highest BCUT2D eigenvalue weighted by Crippen LogP contribution is 2.35. The summed E-state index contributed by atoms with van der Waals surface area (Å²) in [4.78, 5) is 18.1. The number of hydrogen-bond acceptors (Lipinski definition) is 9. The van der Waals surface area contributed by atoms with E-state index in [9.17, 15) is 4.79 Å². The van der Waals surface area contributed by atoms with E-state index in [2.05, 4.69) is 25.4 Å². The number of ether oxygens (including phenoxy) is 3. The lowest BCUT2D eigenvalue weighted by atomic mass is 10.1. The maximum Gasteiger partial charge on any atom is 0.252 e. The standard InChI is InChI=1S/C24H26N6O5/c1-15(23-26-27-28-30(23)13-19-5-3-7-33-19)29(12-18-4-2-6-32-18)11-17-8-16-9-21-22(35-14-34-21)10-20(16)25-24(17)31/h2,4,6,8-10,15,19H,3,5,7,11-14H2,1H3,(H,25,31)/t15-,19-/m0/s1. The van der Waals surface area contributed by atoms with Crippen LogP contribution in [0.2, 0.25) is 0 Å². The number of aromatic amines is 1. The Balaban J connectivity index is 1.31. The Morgan fingerprint density at radius 2 is 2.11 bits per heavy atom. The molecule has 0 amide bonds. The zero-order valence-corrected chi connectivity index (χ0v) is 19.3. The molecule has 0 saturated carbocycles. The van der Waals surface area contributed by atoms with Gasteiger partial charge in [0.2, 0.25) is 6.79 Å². The van der Waals surface area contributed by atoms with Crippen LogP contribution in [0, 0.1) is 0 Å². The average Bonchev–Trinajstić information content (AvgIpc) is 3.65. The fraction of sp³-hybridized carbons (Fsp3) is 0.417. The number of rotatable bonds is 8. The van der Waals surface area contributed by atoms with E-state index in [1.54, 1.807) is 17.0 Å². The van der Waals surface area contributed by atoms with Gasteiger partial charge in [-0.05, 0) is 54.5 Å². The van der Waals surface area contributed by atoms with Crippen molar-refractivity contribution in [3.63, 3.8) is 0 Å². The first-order chi connectivity index (χ1) is 17.1. The van der Waals surface area contributed by atoms with Gasteiger partial charge in [0.15, 0.2) is 17.3 Å².